The minimum Gasteiger partial charge on any atom is -0.258 e. The number of para-hydroxylation sites is 1. The molecule has 0 spiro atoms. The Labute approximate surface area is 84.9 Å². The van der Waals surface area contributed by atoms with Gasteiger partial charge in [-0.2, -0.15) is 5.26 Å². The van der Waals surface area contributed by atoms with Gasteiger partial charge in [0.1, 0.15) is 11.6 Å². The summed E-state index contributed by atoms with van der Waals surface area (Å²) in [4.78, 5) is 8.98. The number of rotatable bonds is 2. The van der Waals surface area contributed by atoms with Gasteiger partial charge in [-0.25, -0.2) is 13.6 Å². The Morgan fingerprint density at radius 2 is 2.07 bits per heavy atom. The van der Waals surface area contributed by atoms with E-state index in [4.69, 9.17) is 10.4 Å². The molecular formula is C7H5N3O4S. The fourth-order valence-corrected chi connectivity index (χ4v) is 1.75. The maximum Gasteiger partial charge on any atom is 0.306 e. The molecule has 1 rings (SSSR count). The van der Waals surface area contributed by atoms with E-state index < -0.39 is 25.5 Å². The van der Waals surface area contributed by atoms with E-state index in [1.165, 1.54) is 12.1 Å². The number of nitro benzene ring substituents is 1. The summed E-state index contributed by atoms with van der Waals surface area (Å²) in [7, 11) is -4.20. The van der Waals surface area contributed by atoms with Crippen LogP contribution in [0.5, 0.6) is 0 Å². The molecule has 0 aliphatic carbocycles. The summed E-state index contributed by atoms with van der Waals surface area (Å²) in [5.41, 5.74) is -1.13. The zero-order chi connectivity index (χ0) is 11.6. The van der Waals surface area contributed by atoms with Gasteiger partial charge in [-0.05, 0) is 12.1 Å². The van der Waals surface area contributed by atoms with Crippen LogP contribution in [0, 0.1) is 21.4 Å². The number of nitro groups is 1. The first-order valence-corrected chi connectivity index (χ1v) is 5.13. The molecule has 0 saturated carbocycles. The van der Waals surface area contributed by atoms with Gasteiger partial charge in [0.25, 0.3) is 0 Å². The van der Waals surface area contributed by atoms with Crippen LogP contribution >= 0.6 is 0 Å². The van der Waals surface area contributed by atoms with E-state index in [0.29, 0.717) is 0 Å². The summed E-state index contributed by atoms with van der Waals surface area (Å²) in [6, 6.07) is 4.87. The van der Waals surface area contributed by atoms with Crippen LogP contribution in [-0.2, 0) is 10.0 Å². The SMILES string of the molecule is N#Cc1cccc(S(N)(=O)=O)c1[N+](=O)[O-]. The Balaban J connectivity index is 3.70. The smallest absolute Gasteiger partial charge is 0.258 e. The first-order valence-electron chi connectivity index (χ1n) is 3.58. The summed E-state index contributed by atoms with van der Waals surface area (Å²) in [6.07, 6.45) is 0. The highest BCUT2D eigenvalue weighted by atomic mass is 32.2. The zero-order valence-corrected chi connectivity index (χ0v) is 8.06. The molecule has 0 aliphatic heterocycles. The van der Waals surface area contributed by atoms with Crippen molar-refractivity contribution in [2.45, 2.75) is 4.90 Å². The number of primary sulfonamides is 1. The highest BCUT2D eigenvalue weighted by Crippen LogP contribution is 2.25. The van der Waals surface area contributed by atoms with E-state index in [1.54, 1.807) is 0 Å². The minimum atomic E-state index is -4.20. The first-order chi connectivity index (χ1) is 6.88. The van der Waals surface area contributed by atoms with Crippen molar-refractivity contribution in [3.8, 4) is 6.07 Å². The fourth-order valence-electron chi connectivity index (χ4n) is 1.03. The van der Waals surface area contributed by atoms with Crippen LogP contribution in [0.2, 0.25) is 0 Å². The van der Waals surface area contributed by atoms with Gasteiger partial charge in [-0.3, -0.25) is 10.1 Å². The van der Waals surface area contributed by atoms with E-state index >= 15 is 0 Å². The molecule has 0 bridgehead atoms. The molecule has 1 aromatic rings. The quantitative estimate of drug-likeness (QED) is 0.566. The molecule has 0 aromatic heterocycles. The maximum absolute atomic E-state index is 11.0. The van der Waals surface area contributed by atoms with Crippen LogP contribution in [0.25, 0.3) is 0 Å². The number of nitriles is 1. The van der Waals surface area contributed by atoms with Gasteiger partial charge in [0.05, 0.1) is 4.92 Å². The molecule has 0 atom stereocenters. The van der Waals surface area contributed by atoms with Gasteiger partial charge in [0.2, 0.25) is 10.0 Å². The average Bonchev–Trinajstić information content (AvgIpc) is 2.15. The van der Waals surface area contributed by atoms with Crippen LogP contribution in [0.3, 0.4) is 0 Å². The molecule has 0 saturated heterocycles. The summed E-state index contributed by atoms with van der Waals surface area (Å²) in [5.74, 6) is 0. The fraction of sp³-hybridized carbons (Fsp3) is 0. The van der Waals surface area contributed by atoms with Crippen LogP contribution in [-0.4, -0.2) is 13.3 Å². The molecule has 0 aliphatic rings. The van der Waals surface area contributed by atoms with Gasteiger partial charge < -0.3 is 0 Å². The monoisotopic (exact) mass is 227 g/mol. The molecule has 8 heteroatoms. The molecule has 7 nitrogen and oxygen atoms in total. The molecular weight excluding hydrogens is 222 g/mol. The standard InChI is InChI=1S/C7H5N3O4S/c8-4-5-2-1-3-6(15(9,13)14)7(5)10(11)12/h1-3H,(H2,9,13,14). The summed E-state index contributed by atoms with van der Waals surface area (Å²) in [5, 5.41) is 23.9. The Hall–Kier alpha value is -1.98. The van der Waals surface area contributed by atoms with Gasteiger partial charge in [-0.1, -0.05) is 6.07 Å². The maximum atomic E-state index is 11.0. The number of hydrogen-bond donors (Lipinski definition) is 1. The third-order valence-electron chi connectivity index (χ3n) is 1.61. The Kier molecular flexibility index (Phi) is 2.69. The summed E-state index contributed by atoms with van der Waals surface area (Å²) >= 11 is 0. The lowest BCUT2D eigenvalue weighted by Crippen LogP contribution is -2.14. The Morgan fingerprint density at radius 1 is 1.47 bits per heavy atom. The van der Waals surface area contributed by atoms with Crippen molar-refractivity contribution >= 4 is 15.7 Å². The summed E-state index contributed by atoms with van der Waals surface area (Å²) in [6.45, 7) is 0. The minimum absolute atomic E-state index is 0.341. The molecule has 1 aromatic carbocycles. The van der Waals surface area contributed by atoms with Gasteiger partial charge in [0, 0.05) is 0 Å². The lowest BCUT2D eigenvalue weighted by molar-refractivity contribution is -0.388. The van der Waals surface area contributed by atoms with Crippen molar-refractivity contribution in [3.63, 3.8) is 0 Å². The van der Waals surface area contributed by atoms with Crippen molar-refractivity contribution in [2.75, 3.05) is 0 Å². The van der Waals surface area contributed by atoms with Gasteiger partial charge in [-0.15, -0.1) is 0 Å². The largest absolute Gasteiger partial charge is 0.306 e. The van der Waals surface area contributed by atoms with Crippen molar-refractivity contribution in [1.29, 1.82) is 5.26 Å². The third-order valence-corrected chi connectivity index (χ3v) is 2.55. The predicted octanol–water partition coefficient (Wildman–Crippen LogP) is 0.114. The molecule has 0 heterocycles. The lowest BCUT2D eigenvalue weighted by atomic mass is 10.2. The molecule has 78 valence electrons. The molecule has 0 radical (unpaired) electrons. The highest BCUT2D eigenvalue weighted by Gasteiger charge is 2.26. The Bertz CT molecular complexity index is 558. The van der Waals surface area contributed by atoms with Crippen LogP contribution in [0.4, 0.5) is 5.69 Å². The normalized spacial score (nSPS) is 10.7. The third kappa shape index (κ3) is 2.09. The predicted molar refractivity (Wildman–Crippen MR) is 49.2 cm³/mol. The molecule has 15 heavy (non-hydrogen) atoms. The number of hydrogen-bond acceptors (Lipinski definition) is 5. The zero-order valence-electron chi connectivity index (χ0n) is 7.25. The topological polar surface area (TPSA) is 127 Å². The average molecular weight is 227 g/mol. The van der Waals surface area contributed by atoms with Crippen LogP contribution in [0.15, 0.2) is 23.1 Å². The Morgan fingerprint density at radius 3 is 2.47 bits per heavy atom. The molecule has 2 N–H and O–H groups in total. The van der Waals surface area contributed by atoms with E-state index in [-0.39, 0.29) is 5.56 Å². The van der Waals surface area contributed by atoms with E-state index in [0.717, 1.165) is 12.1 Å². The van der Waals surface area contributed by atoms with Crippen LogP contribution < -0.4 is 5.14 Å². The summed E-state index contributed by atoms with van der Waals surface area (Å²) < 4.78 is 22.0. The second-order valence-electron chi connectivity index (χ2n) is 2.57. The van der Waals surface area contributed by atoms with Crippen molar-refractivity contribution in [1.82, 2.24) is 0 Å². The van der Waals surface area contributed by atoms with Crippen LogP contribution in [0.1, 0.15) is 5.56 Å². The van der Waals surface area contributed by atoms with E-state index in [2.05, 4.69) is 0 Å². The van der Waals surface area contributed by atoms with Gasteiger partial charge in [0.15, 0.2) is 4.90 Å². The highest BCUT2D eigenvalue weighted by molar-refractivity contribution is 7.89. The molecule has 0 unspecified atom stereocenters. The number of nitrogens with zero attached hydrogens (tertiary/aromatic N) is 2. The number of sulfonamides is 1. The number of nitrogens with two attached hydrogens (primary N) is 1. The molecule has 0 amide bonds. The van der Waals surface area contributed by atoms with Crippen molar-refractivity contribution in [2.24, 2.45) is 5.14 Å². The lowest BCUT2D eigenvalue weighted by Gasteiger charge is -2.00. The van der Waals surface area contributed by atoms with Crippen molar-refractivity contribution < 1.29 is 13.3 Å². The second-order valence-corrected chi connectivity index (χ2v) is 4.10. The van der Waals surface area contributed by atoms with Gasteiger partial charge >= 0.3 is 5.69 Å². The molecule has 0 fully saturated rings. The van der Waals surface area contributed by atoms with E-state index in [9.17, 15) is 18.5 Å². The van der Waals surface area contributed by atoms with Crippen molar-refractivity contribution in [3.05, 3.63) is 33.9 Å². The second kappa shape index (κ2) is 3.64. The first kappa shape index (κ1) is 11.1. The van der Waals surface area contributed by atoms with E-state index in [1.807, 2.05) is 0 Å². The number of benzene rings is 1.